The Hall–Kier alpha value is -1.39. The number of carbonyl (C=O) groups is 1. The third kappa shape index (κ3) is 3.11. The van der Waals surface area contributed by atoms with Gasteiger partial charge in [0.1, 0.15) is 6.04 Å². The van der Waals surface area contributed by atoms with Gasteiger partial charge < -0.3 is 4.74 Å². The van der Waals surface area contributed by atoms with Crippen LogP contribution in [0.4, 0.5) is 0 Å². The molecule has 1 fully saturated rings. The van der Waals surface area contributed by atoms with Crippen molar-refractivity contribution in [3.8, 4) is 0 Å². The Labute approximate surface area is 129 Å². The van der Waals surface area contributed by atoms with E-state index in [2.05, 4.69) is 22.8 Å². The van der Waals surface area contributed by atoms with Gasteiger partial charge in [-0.05, 0) is 42.2 Å². The van der Waals surface area contributed by atoms with Gasteiger partial charge in [0.2, 0.25) is 0 Å². The number of nitrogens with one attached hydrogen (secondary N) is 1. The molecule has 3 nitrogen and oxygen atoms in total. The van der Waals surface area contributed by atoms with Crippen molar-refractivity contribution in [1.29, 1.82) is 0 Å². The van der Waals surface area contributed by atoms with Crippen LogP contribution in [0.15, 0.2) is 29.6 Å². The number of carbonyl (C=O) groups excluding carboxylic acids is 1. The molecule has 2 aromatic rings. The van der Waals surface area contributed by atoms with Gasteiger partial charge >= 0.3 is 5.97 Å². The fraction of sp³-hybridized carbons (Fsp3) is 0.471. The quantitative estimate of drug-likeness (QED) is 0.847. The second kappa shape index (κ2) is 6.58. The molecule has 1 aromatic heterocycles. The third-order valence-electron chi connectivity index (χ3n) is 4.10. The highest BCUT2D eigenvalue weighted by atomic mass is 32.1. The highest BCUT2D eigenvalue weighted by Crippen LogP contribution is 2.32. The molecule has 1 unspecified atom stereocenters. The van der Waals surface area contributed by atoms with Crippen molar-refractivity contribution in [3.05, 3.63) is 35.2 Å². The summed E-state index contributed by atoms with van der Waals surface area (Å²) >= 11 is 1.69. The van der Waals surface area contributed by atoms with E-state index in [-0.39, 0.29) is 12.0 Å². The Bertz CT molecular complexity index is 616. The lowest BCUT2D eigenvalue weighted by Crippen LogP contribution is -2.36. The minimum Gasteiger partial charge on any atom is -0.465 e. The minimum absolute atomic E-state index is 0.159. The summed E-state index contributed by atoms with van der Waals surface area (Å²) in [5, 5.41) is 6.78. The van der Waals surface area contributed by atoms with Crippen LogP contribution in [0.1, 0.15) is 44.2 Å². The number of hydrogen-bond donors (Lipinski definition) is 1. The van der Waals surface area contributed by atoms with Gasteiger partial charge in [-0.25, -0.2) is 4.79 Å². The second-order valence-corrected chi connectivity index (χ2v) is 6.43. The predicted molar refractivity (Wildman–Crippen MR) is 86.6 cm³/mol. The molecule has 112 valence electrons. The van der Waals surface area contributed by atoms with Crippen LogP contribution in [0.25, 0.3) is 10.1 Å². The molecule has 4 heteroatoms. The number of thiophene rings is 1. The van der Waals surface area contributed by atoms with Gasteiger partial charge in [-0.3, -0.25) is 5.32 Å². The first-order valence-electron chi connectivity index (χ1n) is 7.68. The largest absolute Gasteiger partial charge is 0.465 e. The summed E-state index contributed by atoms with van der Waals surface area (Å²) in [7, 11) is 0. The maximum atomic E-state index is 12.4. The Morgan fingerprint density at radius 1 is 1.38 bits per heavy atom. The summed E-state index contributed by atoms with van der Waals surface area (Å²) in [5.74, 6) is -0.159. The molecule has 1 aromatic carbocycles. The summed E-state index contributed by atoms with van der Waals surface area (Å²) in [6.07, 6.45) is 4.80. The maximum Gasteiger partial charge on any atom is 0.327 e. The first-order chi connectivity index (χ1) is 10.3. The number of fused-ring (bicyclic) bond motifs is 1. The molecular weight excluding hydrogens is 282 g/mol. The molecule has 0 radical (unpaired) electrons. The van der Waals surface area contributed by atoms with E-state index in [1.54, 1.807) is 11.3 Å². The van der Waals surface area contributed by atoms with Gasteiger partial charge in [0.25, 0.3) is 0 Å². The molecule has 21 heavy (non-hydrogen) atoms. The SMILES string of the molecule is CCOC(=O)C(NC1CCCC1)c1csc2ccccc12. The number of hydrogen-bond acceptors (Lipinski definition) is 4. The number of ether oxygens (including phenoxy) is 1. The second-order valence-electron chi connectivity index (χ2n) is 5.52. The van der Waals surface area contributed by atoms with Crippen molar-refractivity contribution in [3.63, 3.8) is 0 Å². The van der Waals surface area contributed by atoms with Crippen LogP contribution in [0.3, 0.4) is 0 Å². The average Bonchev–Trinajstić information content (AvgIpc) is 3.14. The molecule has 1 aliphatic carbocycles. The standard InChI is InChI=1S/C17H21NO2S/c1-2-20-17(19)16(18-12-7-3-4-8-12)14-11-21-15-10-6-5-9-13(14)15/h5-6,9-12,16,18H,2-4,7-8H2,1H3. The zero-order valence-corrected chi connectivity index (χ0v) is 13.1. The summed E-state index contributed by atoms with van der Waals surface area (Å²) < 4.78 is 6.51. The third-order valence-corrected chi connectivity index (χ3v) is 5.08. The molecule has 1 aliphatic rings. The van der Waals surface area contributed by atoms with Gasteiger partial charge in [-0.15, -0.1) is 11.3 Å². The van der Waals surface area contributed by atoms with Gasteiger partial charge in [-0.1, -0.05) is 31.0 Å². The smallest absolute Gasteiger partial charge is 0.327 e. The fourth-order valence-corrected chi connectivity index (χ4v) is 4.05. The molecule has 0 aliphatic heterocycles. The highest BCUT2D eigenvalue weighted by Gasteiger charge is 2.28. The summed E-state index contributed by atoms with van der Waals surface area (Å²) in [6, 6.07) is 8.33. The van der Waals surface area contributed by atoms with E-state index in [1.165, 1.54) is 17.5 Å². The van der Waals surface area contributed by atoms with E-state index in [0.717, 1.165) is 23.8 Å². The van der Waals surface area contributed by atoms with Crippen molar-refractivity contribution < 1.29 is 9.53 Å². The lowest BCUT2D eigenvalue weighted by atomic mass is 10.0. The van der Waals surface area contributed by atoms with Gasteiger partial charge in [0, 0.05) is 10.7 Å². The maximum absolute atomic E-state index is 12.4. The van der Waals surface area contributed by atoms with Crippen molar-refractivity contribution in [2.75, 3.05) is 6.61 Å². The molecular formula is C17H21NO2S. The van der Waals surface area contributed by atoms with Crippen LogP contribution in [-0.4, -0.2) is 18.6 Å². The van der Waals surface area contributed by atoms with Crippen LogP contribution in [0, 0.1) is 0 Å². The lowest BCUT2D eigenvalue weighted by molar-refractivity contribution is -0.146. The summed E-state index contributed by atoms with van der Waals surface area (Å²) in [4.78, 5) is 12.4. The first kappa shape index (κ1) is 14.5. The van der Waals surface area contributed by atoms with Crippen LogP contribution in [0.2, 0.25) is 0 Å². The summed E-state index contributed by atoms with van der Waals surface area (Å²) in [5.41, 5.74) is 1.06. The van der Waals surface area contributed by atoms with Gasteiger partial charge in [0.05, 0.1) is 6.61 Å². The molecule has 0 saturated heterocycles. The molecule has 1 saturated carbocycles. The zero-order valence-electron chi connectivity index (χ0n) is 12.3. The number of rotatable bonds is 5. The van der Waals surface area contributed by atoms with Crippen LogP contribution < -0.4 is 5.32 Å². The molecule has 3 rings (SSSR count). The molecule has 0 bridgehead atoms. The summed E-state index contributed by atoms with van der Waals surface area (Å²) in [6.45, 7) is 2.28. The van der Waals surface area contributed by atoms with Crippen molar-refractivity contribution in [2.24, 2.45) is 0 Å². The molecule has 1 heterocycles. The first-order valence-corrected chi connectivity index (χ1v) is 8.56. The molecule has 1 atom stereocenters. The molecule has 0 spiro atoms. The molecule has 0 amide bonds. The Kier molecular flexibility index (Phi) is 4.56. The van der Waals surface area contributed by atoms with Crippen molar-refractivity contribution in [2.45, 2.75) is 44.7 Å². The van der Waals surface area contributed by atoms with Gasteiger partial charge in [-0.2, -0.15) is 0 Å². The van der Waals surface area contributed by atoms with Crippen LogP contribution in [0.5, 0.6) is 0 Å². The Morgan fingerprint density at radius 3 is 2.90 bits per heavy atom. The predicted octanol–water partition coefficient (Wildman–Crippen LogP) is 4.04. The number of benzene rings is 1. The van der Waals surface area contributed by atoms with E-state index < -0.39 is 0 Å². The van der Waals surface area contributed by atoms with Crippen LogP contribution in [-0.2, 0) is 9.53 Å². The van der Waals surface area contributed by atoms with E-state index in [4.69, 9.17) is 4.74 Å². The van der Waals surface area contributed by atoms with E-state index >= 15 is 0 Å². The lowest BCUT2D eigenvalue weighted by Gasteiger charge is -2.21. The van der Waals surface area contributed by atoms with Crippen molar-refractivity contribution in [1.82, 2.24) is 5.32 Å². The topological polar surface area (TPSA) is 38.3 Å². The minimum atomic E-state index is -0.343. The fourth-order valence-electron chi connectivity index (χ4n) is 3.06. The monoisotopic (exact) mass is 303 g/mol. The van der Waals surface area contributed by atoms with Crippen LogP contribution >= 0.6 is 11.3 Å². The highest BCUT2D eigenvalue weighted by molar-refractivity contribution is 7.17. The van der Waals surface area contributed by atoms with E-state index in [0.29, 0.717) is 12.6 Å². The normalized spacial score (nSPS) is 17.2. The van der Waals surface area contributed by atoms with E-state index in [9.17, 15) is 4.79 Å². The van der Waals surface area contributed by atoms with E-state index in [1.807, 2.05) is 19.1 Å². The average molecular weight is 303 g/mol. The zero-order chi connectivity index (χ0) is 14.7. The number of esters is 1. The van der Waals surface area contributed by atoms with Gasteiger partial charge in [0.15, 0.2) is 0 Å². The molecule has 1 N–H and O–H groups in total. The Morgan fingerprint density at radius 2 is 2.14 bits per heavy atom. The Balaban J connectivity index is 1.91. The van der Waals surface area contributed by atoms with Crippen molar-refractivity contribution >= 4 is 27.4 Å².